The molecular formula is C9H19N5S. The van der Waals surface area contributed by atoms with Crippen LogP contribution in [0.3, 0.4) is 0 Å². The van der Waals surface area contributed by atoms with Crippen LogP contribution in [-0.4, -0.2) is 37.8 Å². The van der Waals surface area contributed by atoms with E-state index in [1.807, 2.05) is 11.8 Å². The summed E-state index contributed by atoms with van der Waals surface area (Å²) in [6, 6.07) is 0.507. The second-order valence-corrected chi connectivity index (χ2v) is 4.86. The molecule has 0 spiro atoms. The third-order valence-electron chi connectivity index (χ3n) is 2.06. The van der Waals surface area contributed by atoms with Gasteiger partial charge in [-0.15, -0.1) is 10.2 Å². The smallest absolute Gasteiger partial charge is 0.188 e. The highest BCUT2D eigenvalue weighted by Gasteiger charge is 2.04. The molecule has 1 aromatic heterocycles. The topological polar surface area (TPSA) is 55.6 Å². The van der Waals surface area contributed by atoms with Crippen LogP contribution < -0.4 is 5.32 Å². The monoisotopic (exact) mass is 229 g/mol. The largest absolute Gasteiger partial charge is 0.307 e. The number of nitrogens with zero attached hydrogens (tertiary/aromatic N) is 4. The van der Waals surface area contributed by atoms with Crippen molar-refractivity contribution >= 4 is 11.8 Å². The van der Waals surface area contributed by atoms with Gasteiger partial charge in [-0.05, 0) is 30.1 Å². The van der Waals surface area contributed by atoms with Crippen LogP contribution in [0.4, 0.5) is 0 Å². The number of thioether (sulfide) groups is 1. The Bertz CT molecular complexity index is 275. The first-order valence-electron chi connectivity index (χ1n) is 5.26. The Morgan fingerprint density at radius 1 is 1.53 bits per heavy atom. The highest BCUT2D eigenvalue weighted by molar-refractivity contribution is 7.99. The van der Waals surface area contributed by atoms with Crippen molar-refractivity contribution in [3.63, 3.8) is 0 Å². The van der Waals surface area contributed by atoms with E-state index in [1.54, 1.807) is 7.05 Å². The third-order valence-corrected chi connectivity index (χ3v) is 2.99. The van der Waals surface area contributed by atoms with E-state index in [2.05, 4.69) is 34.6 Å². The summed E-state index contributed by atoms with van der Waals surface area (Å²) in [4.78, 5) is 1.48. The lowest BCUT2D eigenvalue weighted by molar-refractivity contribution is 0.524. The van der Waals surface area contributed by atoms with E-state index in [9.17, 15) is 0 Å². The van der Waals surface area contributed by atoms with E-state index >= 15 is 0 Å². The molecule has 1 aromatic rings. The van der Waals surface area contributed by atoms with Gasteiger partial charge in [0, 0.05) is 6.04 Å². The molecule has 0 saturated carbocycles. The van der Waals surface area contributed by atoms with Crippen molar-refractivity contribution in [3.05, 3.63) is 5.82 Å². The van der Waals surface area contributed by atoms with E-state index in [4.69, 9.17) is 0 Å². The maximum absolute atomic E-state index is 4.11. The zero-order valence-electron chi connectivity index (χ0n) is 9.60. The maximum atomic E-state index is 4.11. The van der Waals surface area contributed by atoms with Crippen LogP contribution >= 0.6 is 11.8 Å². The van der Waals surface area contributed by atoms with Crippen molar-refractivity contribution in [2.75, 3.05) is 11.5 Å². The summed E-state index contributed by atoms with van der Waals surface area (Å²) >= 11 is 1.97. The molecule has 0 fully saturated rings. The molecule has 15 heavy (non-hydrogen) atoms. The number of aromatic nitrogens is 4. The van der Waals surface area contributed by atoms with Gasteiger partial charge < -0.3 is 5.32 Å². The minimum absolute atomic E-state index is 0.507. The molecule has 1 heterocycles. The zero-order chi connectivity index (χ0) is 11.1. The zero-order valence-corrected chi connectivity index (χ0v) is 10.4. The Morgan fingerprint density at radius 2 is 2.33 bits per heavy atom. The van der Waals surface area contributed by atoms with Crippen LogP contribution in [0.5, 0.6) is 0 Å². The third kappa shape index (κ3) is 5.13. The molecule has 1 rings (SSSR count). The molecule has 6 heteroatoms. The highest BCUT2D eigenvalue weighted by atomic mass is 32.2. The minimum Gasteiger partial charge on any atom is -0.307 e. The molecule has 0 amide bonds. The summed E-state index contributed by atoms with van der Waals surface area (Å²) in [5.74, 6) is 3.16. The molecule has 0 saturated heterocycles. The van der Waals surface area contributed by atoms with Crippen molar-refractivity contribution in [1.29, 1.82) is 0 Å². The average molecular weight is 229 g/mol. The lowest BCUT2D eigenvalue weighted by Crippen LogP contribution is -2.26. The van der Waals surface area contributed by atoms with E-state index in [0.29, 0.717) is 12.6 Å². The van der Waals surface area contributed by atoms with Crippen molar-refractivity contribution < 1.29 is 0 Å². The second-order valence-electron chi connectivity index (χ2n) is 3.46. The highest BCUT2D eigenvalue weighted by Crippen LogP contribution is 2.03. The minimum atomic E-state index is 0.507. The van der Waals surface area contributed by atoms with Gasteiger partial charge in [-0.3, -0.25) is 0 Å². The van der Waals surface area contributed by atoms with Gasteiger partial charge in [0.15, 0.2) is 5.82 Å². The first-order valence-corrected chi connectivity index (χ1v) is 6.41. The van der Waals surface area contributed by atoms with Crippen molar-refractivity contribution in [2.45, 2.75) is 32.9 Å². The van der Waals surface area contributed by atoms with Gasteiger partial charge in [-0.2, -0.15) is 16.6 Å². The summed E-state index contributed by atoms with van der Waals surface area (Å²) in [7, 11) is 1.78. The summed E-state index contributed by atoms with van der Waals surface area (Å²) < 4.78 is 0. The van der Waals surface area contributed by atoms with Gasteiger partial charge in [0.2, 0.25) is 0 Å². The fourth-order valence-corrected chi connectivity index (χ4v) is 1.98. The van der Waals surface area contributed by atoms with E-state index in [-0.39, 0.29) is 0 Å². The van der Waals surface area contributed by atoms with E-state index in [1.165, 1.54) is 22.7 Å². The first kappa shape index (κ1) is 12.4. The van der Waals surface area contributed by atoms with Crippen molar-refractivity contribution in [1.82, 2.24) is 25.5 Å². The predicted molar refractivity (Wildman–Crippen MR) is 62.7 cm³/mol. The van der Waals surface area contributed by atoms with Gasteiger partial charge in [0.25, 0.3) is 0 Å². The fraction of sp³-hybridized carbons (Fsp3) is 0.889. The Hall–Kier alpha value is -0.620. The number of rotatable bonds is 7. The summed E-state index contributed by atoms with van der Waals surface area (Å²) in [5, 5.41) is 15.2. The van der Waals surface area contributed by atoms with Gasteiger partial charge in [0.1, 0.15) is 0 Å². The molecule has 1 atom stereocenters. The SMILES string of the molecule is CCSCCC(C)NCc1nnn(C)n1. The maximum Gasteiger partial charge on any atom is 0.188 e. The number of hydrogen-bond donors (Lipinski definition) is 1. The summed E-state index contributed by atoms with van der Waals surface area (Å²) in [5.41, 5.74) is 0. The average Bonchev–Trinajstić information content (AvgIpc) is 2.62. The molecule has 86 valence electrons. The van der Waals surface area contributed by atoms with E-state index in [0.717, 1.165) is 5.82 Å². The first-order chi connectivity index (χ1) is 7.22. The Balaban J connectivity index is 2.13. The molecule has 5 nitrogen and oxygen atoms in total. The van der Waals surface area contributed by atoms with Crippen LogP contribution in [0.25, 0.3) is 0 Å². The number of nitrogens with one attached hydrogen (secondary N) is 1. The Labute approximate surface area is 95.0 Å². The molecule has 1 N–H and O–H groups in total. The second kappa shape index (κ2) is 6.79. The lowest BCUT2D eigenvalue weighted by atomic mass is 10.2. The molecule has 0 aliphatic carbocycles. The van der Waals surface area contributed by atoms with Gasteiger partial charge >= 0.3 is 0 Å². The van der Waals surface area contributed by atoms with Crippen molar-refractivity contribution in [2.24, 2.45) is 7.05 Å². The fourth-order valence-electron chi connectivity index (χ4n) is 1.17. The summed E-state index contributed by atoms with van der Waals surface area (Å²) in [6.07, 6.45) is 1.18. The summed E-state index contributed by atoms with van der Waals surface area (Å²) in [6.45, 7) is 5.07. The molecule has 0 radical (unpaired) electrons. The quantitative estimate of drug-likeness (QED) is 0.702. The number of hydrogen-bond acceptors (Lipinski definition) is 5. The Morgan fingerprint density at radius 3 is 2.93 bits per heavy atom. The molecular weight excluding hydrogens is 210 g/mol. The number of aryl methyl sites for hydroxylation is 1. The van der Waals surface area contributed by atoms with E-state index < -0.39 is 0 Å². The number of tetrazole rings is 1. The molecule has 0 aliphatic rings. The standard InChI is InChI=1S/C9H19N5S/c1-4-15-6-5-8(2)10-7-9-11-13-14(3)12-9/h8,10H,4-7H2,1-3H3. The van der Waals surface area contributed by atoms with Gasteiger partial charge in [-0.1, -0.05) is 6.92 Å². The molecule has 0 aromatic carbocycles. The Kier molecular flexibility index (Phi) is 5.63. The molecule has 1 unspecified atom stereocenters. The molecule has 0 bridgehead atoms. The van der Waals surface area contributed by atoms with Crippen LogP contribution in [0.2, 0.25) is 0 Å². The lowest BCUT2D eigenvalue weighted by Gasteiger charge is -2.11. The predicted octanol–water partition coefficient (Wildman–Crippen LogP) is 0.831. The van der Waals surface area contributed by atoms with Crippen LogP contribution in [0.15, 0.2) is 0 Å². The van der Waals surface area contributed by atoms with Crippen LogP contribution in [0, 0.1) is 0 Å². The molecule has 0 aliphatic heterocycles. The van der Waals surface area contributed by atoms with Gasteiger partial charge in [0.05, 0.1) is 13.6 Å². The van der Waals surface area contributed by atoms with Crippen LogP contribution in [-0.2, 0) is 13.6 Å². The van der Waals surface area contributed by atoms with Crippen molar-refractivity contribution in [3.8, 4) is 0 Å². The van der Waals surface area contributed by atoms with Gasteiger partial charge in [-0.25, -0.2) is 0 Å². The van der Waals surface area contributed by atoms with Crippen LogP contribution in [0.1, 0.15) is 26.1 Å². The normalized spacial score (nSPS) is 13.0.